The topological polar surface area (TPSA) is 0 Å². The molecule has 0 aromatic heterocycles. The van der Waals surface area contributed by atoms with Gasteiger partial charge in [0.25, 0.3) is 0 Å². The van der Waals surface area contributed by atoms with Crippen LogP contribution < -0.4 is 0 Å². The molecule has 1 rings (SSSR count). The van der Waals surface area contributed by atoms with Crippen LogP contribution in [-0.4, -0.2) is 0 Å². The van der Waals surface area contributed by atoms with E-state index < -0.39 is 0 Å². The average Bonchev–Trinajstić information content (AvgIpc) is 2.75. The third kappa shape index (κ3) is 7.18. The van der Waals surface area contributed by atoms with E-state index in [4.69, 9.17) is 0 Å². The Morgan fingerprint density at radius 3 is 2.04 bits per heavy atom. The van der Waals surface area contributed by atoms with Crippen LogP contribution in [0.5, 0.6) is 0 Å². The van der Waals surface area contributed by atoms with Crippen molar-refractivity contribution in [2.24, 2.45) is 40.9 Å². The Morgan fingerprint density at radius 2 is 1.57 bits per heavy atom. The van der Waals surface area contributed by atoms with Gasteiger partial charge in [-0.25, -0.2) is 0 Å². The summed E-state index contributed by atoms with van der Waals surface area (Å²) >= 11 is 0. The second-order valence-corrected chi connectivity index (χ2v) is 10.2. The molecule has 0 saturated heterocycles. The zero-order chi connectivity index (χ0) is 17.6. The molecule has 1 aliphatic rings. The minimum atomic E-state index is 0.525. The third-order valence-electron chi connectivity index (χ3n) is 6.92. The maximum absolute atomic E-state index is 2.53. The van der Waals surface area contributed by atoms with Gasteiger partial charge in [0.1, 0.15) is 0 Å². The van der Waals surface area contributed by atoms with Gasteiger partial charge in [-0.15, -0.1) is 0 Å². The molecule has 23 heavy (non-hydrogen) atoms. The molecule has 0 amide bonds. The quantitative estimate of drug-likeness (QED) is 0.382. The van der Waals surface area contributed by atoms with Crippen LogP contribution in [0.3, 0.4) is 0 Å². The molecule has 4 atom stereocenters. The highest BCUT2D eigenvalue weighted by molar-refractivity contribution is 4.82. The molecule has 0 aromatic carbocycles. The second-order valence-electron chi connectivity index (χ2n) is 10.2. The fourth-order valence-corrected chi connectivity index (χ4v) is 5.40. The summed E-state index contributed by atoms with van der Waals surface area (Å²) in [4.78, 5) is 0. The van der Waals surface area contributed by atoms with Crippen molar-refractivity contribution in [2.75, 3.05) is 0 Å². The summed E-state index contributed by atoms with van der Waals surface area (Å²) < 4.78 is 0. The summed E-state index contributed by atoms with van der Waals surface area (Å²) in [5.41, 5.74) is 0.525. The van der Waals surface area contributed by atoms with Crippen LogP contribution in [0.15, 0.2) is 0 Å². The lowest BCUT2D eigenvalue weighted by atomic mass is 9.72. The first-order valence-corrected chi connectivity index (χ1v) is 10.7. The summed E-state index contributed by atoms with van der Waals surface area (Å²) in [6, 6.07) is 0. The molecule has 1 fully saturated rings. The third-order valence-corrected chi connectivity index (χ3v) is 6.92. The average molecular weight is 323 g/mol. The van der Waals surface area contributed by atoms with E-state index in [1.807, 2.05) is 0 Å². The Hall–Kier alpha value is 0. The lowest BCUT2D eigenvalue weighted by Crippen LogP contribution is -2.23. The Balaban J connectivity index is 2.41. The summed E-state index contributed by atoms with van der Waals surface area (Å²) in [6.45, 7) is 19.7. The van der Waals surface area contributed by atoms with Gasteiger partial charge in [0.05, 0.1) is 0 Å². The summed E-state index contributed by atoms with van der Waals surface area (Å²) in [5.74, 6) is 5.59. The zero-order valence-corrected chi connectivity index (χ0v) is 17.6. The van der Waals surface area contributed by atoms with Gasteiger partial charge < -0.3 is 0 Å². The SMILES string of the molecule is CCC(CC(C)(C)CCCC1C(C)CCC1C)C(C)CC(C)C. The highest BCUT2D eigenvalue weighted by atomic mass is 14.4. The molecule has 0 heterocycles. The van der Waals surface area contributed by atoms with E-state index in [1.54, 1.807) is 0 Å². The van der Waals surface area contributed by atoms with Gasteiger partial charge in [-0.05, 0) is 66.6 Å². The van der Waals surface area contributed by atoms with Crippen LogP contribution in [0.25, 0.3) is 0 Å². The van der Waals surface area contributed by atoms with Crippen LogP contribution in [0.2, 0.25) is 0 Å². The Kier molecular flexibility index (Phi) is 8.67. The molecule has 1 saturated carbocycles. The summed E-state index contributed by atoms with van der Waals surface area (Å²) in [6.07, 6.45) is 11.5. The standard InChI is InChI=1S/C23H46/c1-9-21(20(6)15-17(2)3)16-23(7,8)14-10-11-22-18(4)12-13-19(22)5/h17-22H,9-16H2,1-8H3. The van der Waals surface area contributed by atoms with Gasteiger partial charge in [0.15, 0.2) is 0 Å². The molecule has 0 aliphatic heterocycles. The van der Waals surface area contributed by atoms with Crippen molar-refractivity contribution in [3.8, 4) is 0 Å². The number of rotatable bonds is 10. The molecule has 0 N–H and O–H groups in total. The molecule has 0 nitrogen and oxygen atoms in total. The van der Waals surface area contributed by atoms with Crippen molar-refractivity contribution < 1.29 is 0 Å². The van der Waals surface area contributed by atoms with E-state index >= 15 is 0 Å². The molecule has 0 aromatic rings. The van der Waals surface area contributed by atoms with Crippen LogP contribution in [0, 0.1) is 40.9 Å². The predicted octanol–water partition coefficient (Wildman–Crippen LogP) is 7.96. The van der Waals surface area contributed by atoms with E-state index in [9.17, 15) is 0 Å². The monoisotopic (exact) mass is 322 g/mol. The molecule has 0 radical (unpaired) electrons. The highest BCUT2D eigenvalue weighted by Gasteiger charge is 2.31. The van der Waals surface area contributed by atoms with Crippen molar-refractivity contribution in [2.45, 2.75) is 107 Å². The minimum Gasteiger partial charge on any atom is -0.0651 e. The van der Waals surface area contributed by atoms with E-state index in [0.717, 1.165) is 35.5 Å². The molecular formula is C23H46. The molecule has 1 aliphatic carbocycles. The van der Waals surface area contributed by atoms with Crippen LogP contribution in [-0.2, 0) is 0 Å². The maximum atomic E-state index is 2.53. The molecule has 0 heteroatoms. The van der Waals surface area contributed by atoms with Crippen molar-refractivity contribution in [1.29, 1.82) is 0 Å². The molecule has 0 spiro atoms. The first kappa shape index (κ1) is 21.0. The van der Waals surface area contributed by atoms with Gasteiger partial charge in [0, 0.05) is 0 Å². The van der Waals surface area contributed by atoms with Gasteiger partial charge in [-0.2, -0.15) is 0 Å². The summed E-state index contributed by atoms with van der Waals surface area (Å²) in [5, 5.41) is 0. The Bertz CT molecular complexity index is 304. The second kappa shape index (κ2) is 9.47. The fraction of sp³-hybridized carbons (Fsp3) is 1.00. The lowest BCUT2D eigenvalue weighted by Gasteiger charge is -2.34. The number of hydrogen-bond donors (Lipinski definition) is 0. The van der Waals surface area contributed by atoms with Crippen molar-refractivity contribution in [1.82, 2.24) is 0 Å². The van der Waals surface area contributed by atoms with Gasteiger partial charge in [0.2, 0.25) is 0 Å². The Morgan fingerprint density at radius 1 is 1.00 bits per heavy atom. The van der Waals surface area contributed by atoms with Gasteiger partial charge >= 0.3 is 0 Å². The smallest absolute Gasteiger partial charge is 0.0351 e. The van der Waals surface area contributed by atoms with Gasteiger partial charge in [-0.1, -0.05) is 81.1 Å². The van der Waals surface area contributed by atoms with E-state index in [1.165, 1.54) is 51.4 Å². The molecule has 4 unspecified atom stereocenters. The maximum Gasteiger partial charge on any atom is -0.0351 e. The van der Waals surface area contributed by atoms with Crippen molar-refractivity contribution in [3.63, 3.8) is 0 Å². The van der Waals surface area contributed by atoms with E-state index in [2.05, 4.69) is 55.4 Å². The first-order chi connectivity index (χ1) is 10.7. The van der Waals surface area contributed by atoms with Crippen molar-refractivity contribution in [3.05, 3.63) is 0 Å². The normalized spacial score (nSPS) is 28.3. The van der Waals surface area contributed by atoms with Crippen molar-refractivity contribution >= 4 is 0 Å². The molecule has 138 valence electrons. The van der Waals surface area contributed by atoms with E-state index in [-0.39, 0.29) is 0 Å². The van der Waals surface area contributed by atoms with Gasteiger partial charge in [-0.3, -0.25) is 0 Å². The predicted molar refractivity (Wildman–Crippen MR) is 106 cm³/mol. The largest absolute Gasteiger partial charge is 0.0651 e. The minimum absolute atomic E-state index is 0.525. The first-order valence-electron chi connectivity index (χ1n) is 10.7. The summed E-state index contributed by atoms with van der Waals surface area (Å²) in [7, 11) is 0. The molecule has 0 bridgehead atoms. The molecular weight excluding hydrogens is 276 g/mol. The highest BCUT2D eigenvalue weighted by Crippen LogP contribution is 2.42. The number of hydrogen-bond acceptors (Lipinski definition) is 0. The van der Waals surface area contributed by atoms with Crippen LogP contribution in [0.4, 0.5) is 0 Å². The van der Waals surface area contributed by atoms with Crippen LogP contribution >= 0.6 is 0 Å². The van der Waals surface area contributed by atoms with Crippen LogP contribution in [0.1, 0.15) is 107 Å². The van der Waals surface area contributed by atoms with E-state index in [0.29, 0.717) is 5.41 Å². The fourth-order valence-electron chi connectivity index (χ4n) is 5.40. The lowest BCUT2D eigenvalue weighted by molar-refractivity contribution is 0.173. The Labute approximate surface area is 148 Å². The zero-order valence-electron chi connectivity index (χ0n) is 17.6.